The molecule has 1 saturated carbocycles. The zero-order valence-corrected chi connectivity index (χ0v) is 14.9. The highest BCUT2D eigenvalue weighted by Gasteiger charge is 2.21. The standard InChI is InChI=1S/C23H28B/c1-3-4-5-18-6-8-19(9-7-18)20-10-12-21(13-11-20)22-14-16-23(24-2)17-15-22/h3,6-13,22-23H,1,4-5,14-17H2,2H3. The highest BCUT2D eigenvalue weighted by atomic mass is 14.2. The summed E-state index contributed by atoms with van der Waals surface area (Å²) in [6.07, 6.45) is 9.51. The Bertz CT molecular complexity index is 631. The van der Waals surface area contributed by atoms with Crippen molar-refractivity contribution in [1.82, 2.24) is 0 Å². The van der Waals surface area contributed by atoms with E-state index in [0.717, 1.165) is 24.6 Å². The van der Waals surface area contributed by atoms with E-state index in [-0.39, 0.29) is 0 Å². The number of aryl methyl sites for hydroxylation is 1. The van der Waals surface area contributed by atoms with Gasteiger partial charge in [0.1, 0.15) is 7.28 Å². The Kier molecular flexibility index (Phi) is 5.96. The number of rotatable bonds is 6. The second-order valence-electron chi connectivity index (χ2n) is 7.09. The number of hydrogen-bond acceptors (Lipinski definition) is 0. The van der Waals surface area contributed by atoms with Crippen molar-refractivity contribution in [2.45, 2.75) is 57.1 Å². The summed E-state index contributed by atoms with van der Waals surface area (Å²) < 4.78 is 0. The maximum Gasteiger partial charge on any atom is 0.110 e. The van der Waals surface area contributed by atoms with Crippen LogP contribution >= 0.6 is 0 Å². The van der Waals surface area contributed by atoms with Gasteiger partial charge in [0.25, 0.3) is 0 Å². The van der Waals surface area contributed by atoms with E-state index >= 15 is 0 Å². The fourth-order valence-corrected chi connectivity index (χ4v) is 3.87. The summed E-state index contributed by atoms with van der Waals surface area (Å²) >= 11 is 0. The van der Waals surface area contributed by atoms with Crippen molar-refractivity contribution in [3.8, 4) is 11.1 Å². The third-order valence-corrected chi connectivity index (χ3v) is 5.55. The molecule has 3 rings (SSSR count). The minimum absolute atomic E-state index is 0.761. The molecule has 0 heterocycles. The second kappa shape index (κ2) is 8.37. The molecule has 1 aliphatic carbocycles. The van der Waals surface area contributed by atoms with Gasteiger partial charge >= 0.3 is 0 Å². The van der Waals surface area contributed by atoms with Crippen molar-refractivity contribution in [3.05, 3.63) is 72.3 Å². The first-order valence-corrected chi connectivity index (χ1v) is 9.40. The zero-order valence-electron chi connectivity index (χ0n) is 14.9. The van der Waals surface area contributed by atoms with E-state index in [1.807, 2.05) is 6.08 Å². The summed E-state index contributed by atoms with van der Waals surface area (Å²) in [6, 6.07) is 18.3. The largest absolute Gasteiger partial charge is 0.110 e. The fraction of sp³-hybridized carbons (Fsp3) is 0.391. The van der Waals surface area contributed by atoms with Gasteiger partial charge < -0.3 is 0 Å². The molecule has 0 N–H and O–H groups in total. The maximum absolute atomic E-state index is 3.79. The van der Waals surface area contributed by atoms with Crippen LogP contribution in [0.4, 0.5) is 0 Å². The summed E-state index contributed by atoms with van der Waals surface area (Å²) in [6.45, 7) is 6.01. The lowest BCUT2D eigenvalue weighted by Gasteiger charge is -2.28. The average Bonchev–Trinajstić information content (AvgIpc) is 2.67. The molecule has 123 valence electrons. The molecular formula is C23H28B. The smallest absolute Gasteiger partial charge is 0.103 e. The summed E-state index contributed by atoms with van der Waals surface area (Å²) in [7, 11) is 2.39. The molecule has 2 aromatic carbocycles. The van der Waals surface area contributed by atoms with E-state index in [0.29, 0.717) is 0 Å². The van der Waals surface area contributed by atoms with Gasteiger partial charge in [-0.05, 0) is 53.9 Å². The van der Waals surface area contributed by atoms with E-state index < -0.39 is 0 Å². The maximum atomic E-state index is 3.79. The highest BCUT2D eigenvalue weighted by Crippen LogP contribution is 2.38. The Balaban J connectivity index is 1.65. The van der Waals surface area contributed by atoms with Crippen LogP contribution in [0.2, 0.25) is 12.6 Å². The first-order valence-electron chi connectivity index (χ1n) is 9.40. The average molecular weight is 315 g/mol. The van der Waals surface area contributed by atoms with Gasteiger partial charge in [-0.3, -0.25) is 0 Å². The zero-order chi connectivity index (χ0) is 16.8. The van der Waals surface area contributed by atoms with Crippen molar-refractivity contribution >= 4 is 7.28 Å². The lowest BCUT2D eigenvalue weighted by atomic mass is 9.59. The van der Waals surface area contributed by atoms with Gasteiger partial charge in [-0.25, -0.2) is 0 Å². The Morgan fingerprint density at radius 3 is 2.04 bits per heavy atom. The van der Waals surface area contributed by atoms with Crippen molar-refractivity contribution in [2.75, 3.05) is 0 Å². The molecule has 24 heavy (non-hydrogen) atoms. The lowest BCUT2D eigenvalue weighted by molar-refractivity contribution is 0.441. The Morgan fingerprint density at radius 2 is 1.50 bits per heavy atom. The Morgan fingerprint density at radius 1 is 0.917 bits per heavy atom. The molecule has 0 aromatic heterocycles. The summed E-state index contributed by atoms with van der Waals surface area (Å²) in [5.74, 6) is 1.61. The minimum atomic E-state index is 0.761. The Hall–Kier alpha value is -1.76. The molecule has 1 aliphatic rings. The van der Waals surface area contributed by atoms with Gasteiger partial charge in [-0.1, -0.05) is 80.1 Å². The van der Waals surface area contributed by atoms with Gasteiger partial charge in [0.15, 0.2) is 0 Å². The van der Waals surface area contributed by atoms with Crippen molar-refractivity contribution in [2.24, 2.45) is 0 Å². The predicted octanol–water partition coefficient (Wildman–Crippen LogP) is 6.67. The summed E-state index contributed by atoms with van der Waals surface area (Å²) in [5.41, 5.74) is 5.55. The van der Waals surface area contributed by atoms with Crippen molar-refractivity contribution in [3.63, 3.8) is 0 Å². The molecule has 0 aliphatic heterocycles. The van der Waals surface area contributed by atoms with Gasteiger partial charge in [-0.2, -0.15) is 0 Å². The summed E-state index contributed by atoms with van der Waals surface area (Å²) in [5, 5.41) is 0. The van der Waals surface area contributed by atoms with Crippen LogP contribution < -0.4 is 0 Å². The van der Waals surface area contributed by atoms with Crippen molar-refractivity contribution in [1.29, 1.82) is 0 Å². The van der Waals surface area contributed by atoms with Crippen molar-refractivity contribution < 1.29 is 0 Å². The van der Waals surface area contributed by atoms with E-state index in [4.69, 9.17) is 0 Å². The van der Waals surface area contributed by atoms with E-state index in [1.165, 1.54) is 47.9 Å². The molecule has 0 nitrogen and oxygen atoms in total. The van der Waals surface area contributed by atoms with E-state index in [2.05, 4.69) is 69.2 Å². The van der Waals surface area contributed by atoms with Gasteiger partial charge in [0.05, 0.1) is 0 Å². The number of allylic oxidation sites excluding steroid dienone is 1. The number of hydrogen-bond donors (Lipinski definition) is 0. The molecule has 0 atom stereocenters. The van der Waals surface area contributed by atoms with Crippen LogP contribution in [0.15, 0.2) is 61.2 Å². The molecular weight excluding hydrogens is 287 g/mol. The van der Waals surface area contributed by atoms with Crippen LogP contribution in [0.3, 0.4) is 0 Å². The normalized spacial score (nSPS) is 20.5. The van der Waals surface area contributed by atoms with E-state index in [1.54, 1.807) is 0 Å². The highest BCUT2D eigenvalue weighted by molar-refractivity contribution is 6.35. The van der Waals surface area contributed by atoms with Crippen LogP contribution in [-0.4, -0.2) is 7.28 Å². The first-order chi connectivity index (χ1) is 11.8. The molecule has 0 unspecified atom stereocenters. The second-order valence-corrected chi connectivity index (χ2v) is 7.09. The fourth-order valence-electron chi connectivity index (χ4n) is 3.87. The third kappa shape index (κ3) is 4.20. The van der Waals surface area contributed by atoms with Crippen LogP contribution in [-0.2, 0) is 6.42 Å². The predicted molar refractivity (Wildman–Crippen MR) is 107 cm³/mol. The third-order valence-electron chi connectivity index (χ3n) is 5.55. The SMILES string of the molecule is C=CCCc1ccc(-c2ccc(C3CCC([B]C)CC3)cc2)cc1. The molecule has 1 radical (unpaired) electrons. The van der Waals surface area contributed by atoms with Gasteiger partial charge in [0, 0.05) is 0 Å². The van der Waals surface area contributed by atoms with Crippen LogP contribution in [0.25, 0.3) is 11.1 Å². The molecule has 0 amide bonds. The van der Waals surface area contributed by atoms with Crippen LogP contribution in [0, 0.1) is 0 Å². The molecule has 0 spiro atoms. The Labute approximate surface area is 148 Å². The number of benzene rings is 2. The quantitative estimate of drug-likeness (QED) is 0.412. The van der Waals surface area contributed by atoms with Gasteiger partial charge in [0.2, 0.25) is 0 Å². The topological polar surface area (TPSA) is 0 Å². The molecule has 1 heteroatoms. The minimum Gasteiger partial charge on any atom is -0.103 e. The van der Waals surface area contributed by atoms with Crippen LogP contribution in [0.5, 0.6) is 0 Å². The van der Waals surface area contributed by atoms with Crippen LogP contribution in [0.1, 0.15) is 49.1 Å². The molecule has 2 aromatic rings. The molecule has 0 bridgehead atoms. The first kappa shape index (κ1) is 17.1. The summed E-state index contributed by atoms with van der Waals surface area (Å²) in [4.78, 5) is 0. The molecule has 0 saturated heterocycles. The van der Waals surface area contributed by atoms with Gasteiger partial charge in [-0.15, -0.1) is 6.58 Å². The lowest BCUT2D eigenvalue weighted by Crippen LogP contribution is -2.12. The monoisotopic (exact) mass is 315 g/mol. The van der Waals surface area contributed by atoms with E-state index in [9.17, 15) is 0 Å². The molecule has 1 fully saturated rings.